The molecule has 0 aliphatic carbocycles. The average molecular weight is 387 g/mol. The molecule has 0 fully saturated rings. The molecule has 1 atom stereocenters. The summed E-state index contributed by atoms with van der Waals surface area (Å²) in [6, 6.07) is 5.61. The van der Waals surface area contributed by atoms with Crippen molar-refractivity contribution in [3.63, 3.8) is 0 Å². The number of aryl methyl sites for hydroxylation is 3. The van der Waals surface area contributed by atoms with Crippen LogP contribution in [-0.2, 0) is 14.3 Å². The van der Waals surface area contributed by atoms with Crippen LogP contribution < -0.4 is 4.74 Å². The van der Waals surface area contributed by atoms with Gasteiger partial charge in [-0.2, -0.15) is 0 Å². The summed E-state index contributed by atoms with van der Waals surface area (Å²) in [7, 11) is 1.27. The number of ether oxygens (including phenoxy) is 3. The predicted molar refractivity (Wildman–Crippen MR) is 103 cm³/mol. The zero-order valence-electron chi connectivity index (χ0n) is 17.0. The van der Waals surface area contributed by atoms with Crippen molar-refractivity contribution in [2.24, 2.45) is 0 Å². The number of methoxy groups -OCH3 is 1. The zero-order valence-corrected chi connectivity index (χ0v) is 17.0. The first-order valence-electron chi connectivity index (χ1n) is 8.86. The molecule has 7 heteroatoms. The maximum absolute atomic E-state index is 12.6. The van der Waals surface area contributed by atoms with Crippen LogP contribution >= 0.6 is 0 Å². The summed E-state index contributed by atoms with van der Waals surface area (Å²) in [5.41, 5.74) is 3.50. The Morgan fingerprint density at radius 3 is 2.39 bits per heavy atom. The van der Waals surface area contributed by atoms with E-state index in [2.05, 4.69) is 4.98 Å². The lowest BCUT2D eigenvalue weighted by Gasteiger charge is -2.13. The SMILES string of the molecule is COC(=O)c1c(C)[nH]c(C(=O)[C@H](C)OC(=O)COc2ccc(C)cc2C)c1C. The van der Waals surface area contributed by atoms with Gasteiger partial charge < -0.3 is 19.2 Å². The third kappa shape index (κ3) is 4.60. The molecule has 1 heterocycles. The Bertz CT molecular complexity index is 912. The van der Waals surface area contributed by atoms with Crippen LogP contribution in [0.25, 0.3) is 0 Å². The molecule has 0 bridgehead atoms. The normalized spacial score (nSPS) is 11.6. The van der Waals surface area contributed by atoms with Gasteiger partial charge in [0.25, 0.3) is 0 Å². The molecule has 0 aliphatic heterocycles. The number of aromatic amines is 1. The van der Waals surface area contributed by atoms with Crippen LogP contribution in [0.5, 0.6) is 5.75 Å². The number of carbonyl (C=O) groups excluding carboxylic acids is 3. The van der Waals surface area contributed by atoms with Gasteiger partial charge in [0.2, 0.25) is 5.78 Å². The lowest BCUT2D eigenvalue weighted by molar-refractivity contribution is -0.148. The van der Waals surface area contributed by atoms with E-state index in [1.807, 2.05) is 26.0 Å². The van der Waals surface area contributed by atoms with E-state index in [0.29, 0.717) is 22.6 Å². The van der Waals surface area contributed by atoms with E-state index in [0.717, 1.165) is 11.1 Å². The molecular weight excluding hydrogens is 362 g/mol. The third-order valence-corrected chi connectivity index (χ3v) is 4.43. The lowest BCUT2D eigenvalue weighted by atomic mass is 10.1. The summed E-state index contributed by atoms with van der Waals surface area (Å²) in [4.78, 5) is 39.4. The molecule has 150 valence electrons. The minimum atomic E-state index is -1.03. The van der Waals surface area contributed by atoms with Crippen LogP contribution in [0.15, 0.2) is 18.2 Å². The Kier molecular flexibility index (Phi) is 6.62. The number of carbonyl (C=O) groups is 3. The molecule has 1 aromatic carbocycles. The lowest BCUT2D eigenvalue weighted by Crippen LogP contribution is -2.28. The van der Waals surface area contributed by atoms with Crippen LogP contribution in [0, 0.1) is 27.7 Å². The van der Waals surface area contributed by atoms with Crippen LogP contribution in [-0.4, -0.2) is 42.5 Å². The number of aromatic nitrogens is 1. The number of hydrogen-bond donors (Lipinski definition) is 1. The summed E-state index contributed by atoms with van der Waals surface area (Å²) < 4.78 is 15.4. The van der Waals surface area contributed by atoms with Gasteiger partial charge in [0, 0.05) is 5.69 Å². The van der Waals surface area contributed by atoms with Crippen molar-refractivity contribution in [2.45, 2.75) is 40.7 Å². The second-order valence-corrected chi connectivity index (χ2v) is 6.67. The fourth-order valence-electron chi connectivity index (χ4n) is 2.99. The van der Waals surface area contributed by atoms with Gasteiger partial charge in [-0.25, -0.2) is 9.59 Å². The molecule has 0 aliphatic rings. The van der Waals surface area contributed by atoms with Crippen molar-refractivity contribution in [3.8, 4) is 5.75 Å². The van der Waals surface area contributed by atoms with E-state index >= 15 is 0 Å². The standard InChI is InChI=1S/C21H25NO6/c1-11-7-8-16(12(2)9-11)27-10-17(23)28-15(5)20(24)19-13(3)18(14(4)22-19)21(25)26-6/h7-9,15,22H,10H2,1-6H3/t15-/m0/s1. The zero-order chi connectivity index (χ0) is 21.0. The van der Waals surface area contributed by atoms with Gasteiger partial charge >= 0.3 is 11.9 Å². The first-order valence-corrected chi connectivity index (χ1v) is 8.86. The topological polar surface area (TPSA) is 94.7 Å². The molecule has 28 heavy (non-hydrogen) atoms. The minimum Gasteiger partial charge on any atom is -0.482 e. The summed E-state index contributed by atoms with van der Waals surface area (Å²) >= 11 is 0. The van der Waals surface area contributed by atoms with Crippen molar-refractivity contribution in [1.82, 2.24) is 4.98 Å². The largest absolute Gasteiger partial charge is 0.482 e. The summed E-state index contributed by atoms with van der Waals surface area (Å²) in [6.45, 7) is 8.33. The Hall–Kier alpha value is -3.09. The van der Waals surface area contributed by atoms with Crippen LogP contribution in [0.4, 0.5) is 0 Å². The van der Waals surface area contributed by atoms with Crippen molar-refractivity contribution in [2.75, 3.05) is 13.7 Å². The fourth-order valence-corrected chi connectivity index (χ4v) is 2.99. The average Bonchev–Trinajstić information content (AvgIpc) is 2.93. The number of benzene rings is 1. The van der Waals surface area contributed by atoms with Crippen molar-refractivity contribution < 1.29 is 28.6 Å². The van der Waals surface area contributed by atoms with Crippen LogP contribution in [0.3, 0.4) is 0 Å². The van der Waals surface area contributed by atoms with Crippen molar-refractivity contribution >= 4 is 17.7 Å². The Morgan fingerprint density at radius 2 is 1.79 bits per heavy atom. The maximum atomic E-state index is 12.6. The monoisotopic (exact) mass is 387 g/mol. The van der Waals surface area contributed by atoms with Gasteiger partial charge in [-0.1, -0.05) is 17.7 Å². The summed E-state index contributed by atoms with van der Waals surface area (Å²) in [5.74, 6) is -1.04. The number of ketones is 1. The highest BCUT2D eigenvalue weighted by Gasteiger charge is 2.27. The molecule has 0 radical (unpaired) electrons. The fraction of sp³-hybridized carbons (Fsp3) is 0.381. The maximum Gasteiger partial charge on any atom is 0.344 e. The molecule has 0 saturated heterocycles. The molecule has 1 aromatic heterocycles. The second kappa shape index (κ2) is 8.73. The predicted octanol–water partition coefficient (Wildman–Crippen LogP) is 3.23. The first kappa shape index (κ1) is 21.2. The molecule has 0 spiro atoms. The molecule has 2 rings (SSSR count). The van der Waals surface area contributed by atoms with E-state index < -0.39 is 23.8 Å². The summed E-state index contributed by atoms with van der Waals surface area (Å²) in [5, 5.41) is 0. The molecule has 7 nitrogen and oxygen atoms in total. The molecule has 0 amide bonds. The van der Waals surface area contributed by atoms with Crippen molar-refractivity contribution in [1.29, 1.82) is 0 Å². The smallest absolute Gasteiger partial charge is 0.344 e. The Labute approximate surface area is 164 Å². The molecule has 0 unspecified atom stereocenters. The van der Waals surface area contributed by atoms with Crippen LogP contribution in [0.1, 0.15) is 50.2 Å². The minimum absolute atomic E-state index is 0.216. The summed E-state index contributed by atoms with van der Waals surface area (Å²) in [6.07, 6.45) is -1.03. The molecular formula is C21H25NO6. The van der Waals surface area contributed by atoms with E-state index in [1.54, 1.807) is 19.9 Å². The van der Waals surface area contributed by atoms with E-state index in [4.69, 9.17) is 14.2 Å². The van der Waals surface area contributed by atoms with Gasteiger partial charge in [-0.05, 0) is 51.8 Å². The Morgan fingerprint density at radius 1 is 1.11 bits per heavy atom. The second-order valence-electron chi connectivity index (χ2n) is 6.67. The molecule has 2 aromatic rings. The highest BCUT2D eigenvalue weighted by molar-refractivity contribution is 6.03. The van der Waals surface area contributed by atoms with Gasteiger partial charge in [0.15, 0.2) is 12.7 Å². The van der Waals surface area contributed by atoms with Gasteiger partial charge in [0.1, 0.15) is 5.75 Å². The number of esters is 2. The quantitative estimate of drug-likeness (QED) is 0.579. The van der Waals surface area contributed by atoms with Gasteiger partial charge in [0.05, 0.1) is 18.4 Å². The molecule has 0 saturated carbocycles. The first-order chi connectivity index (χ1) is 13.1. The Balaban J connectivity index is 2.02. The van der Waals surface area contributed by atoms with Crippen molar-refractivity contribution in [3.05, 3.63) is 51.8 Å². The van der Waals surface area contributed by atoms with Crippen LogP contribution in [0.2, 0.25) is 0 Å². The van der Waals surface area contributed by atoms with E-state index in [1.165, 1.54) is 14.0 Å². The highest BCUT2D eigenvalue weighted by Crippen LogP contribution is 2.21. The number of hydrogen-bond acceptors (Lipinski definition) is 6. The van der Waals surface area contributed by atoms with Gasteiger partial charge in [-0.3, -0.25) is 4.79 Å². The number of nitrogens with one attached hydrogen (secondary N) is 1. The van der Waals surface area contributed by atoms with E-state index in [9.17, 15) is 14.4 Å². The molecule has 1 N–H and O–H groups in total. The number of Topliss-reactive ketones (excluding diaryl/α,β-unsaturated/α-hetero) is 1. The number of rotatable bonds is 7. The highest BCUT2D eigenvalue weighted by atomic mass is 16.6. The third-order valence-electron chi connectivity index (χ3n) is 4.43. The van der Waals surface area contributed by atoms with Gasteiger partial charge in [-0.15, -0.1) is 0 Å². The van der Waals surface area contributed by atoms with E-state index in [-0.39, 0.29) is 12.3 Å². The number of H-pyrrole nitrogens is 1.